The van der Waals surface area contributed by atoms with Gasteiger partial charge in [0.2, 0.25) is 0 Å². The smallest absolute Gasteiger partial charge is 0.277 e. The number of nitrogens with zero attached hydrogens (tertiary/aromatic N) is 1. The van der Waals surface area contributed by atoms with Crippen molar-refractivity contribution in [1.29, 1.82) is 0 Å². The van der Waals surface area contributed by atoms with E-state index in [0.717, 1.165) is 14.5 Å². The van der Waals surface area contributed by atoms with Gasteiger partial charge in [-0.15, -0.1) is 0 Å². The molecule has 10 heteroatoms. The van der Waals surface area contributed by atoms with Crippen molar-refractivity contribution in [2.24, 2.45) is 5.10 Å². The van der Waals surface area contributed by atoms with E-state index >= 15 is 0 Å². The molecule has 0 atom stereocenters. The predicted molar refractivity (Wildman–Crippen MR) is 113 cm³/mol. The second-order valence-corrected chi connectivity index (χ2v) is 8.45. The second-order valence-electron chi connectivity index (χ2n) is 5.10. The molecule has 0 aromatic heterocycles. The van der Waals surface area contributed by atoms with E-state index in [1.165, 1.54) is 12.3 Å². The molecule has 26 heavy (non-hydrogen) atoms. The third-order valence-electron chi connectivity index (χ3n) is 3.08. The van der Waals surface area contributed by atoms with Crippen LogP contribution in [-0.4, -0.2) is 28.9 Å². The Bertz CT molecular complexity index is 864. The summed E-state index contributed by atoms with van der Waals surface area (Å²) in [6.07, 6.45) is 1.25. The molecule has 2 aromatic rings. The summed E-state index contributed by atoms with van der Waals surface area (Å²) in [6.45, 7) is 1.70. The fourth-order valence-electron chi connectivity index (χ4n) is 1.88. The van der Waals surface area contributed by atoms with Crippen molar-refractivity contribution >= 4 is 75.8 Å². The summed E-state index contributed by atoms with van der Waals surface area (Å²) in [6, 6.07) is 5.21. The van der Waals surface area contributed by atoms with E-state index < -0.39 is 5.91 Å². The van der Waals surface area contributed by atoms with Gasteiger partial charge in [-0.25, -0.2) is 5.43 Å². The minimum atomic E-state index is -0.475. The van der Waals surface area contributed by atoms with Crippen LogP contribution in [0.3, 0.4) is 0 Å². The number of aryl methyl sites for hydroxylation is 1. The number of halogens is 4. The summed E-state index contributed by atoms with van der Waals surface area (Å²) in [5.41, 5.74) is 3.64. The molecule has 0 spiro atoms. The first-order valence-electron chi connectivity index (χ1n) is 7.01. The van der Waals surface area contributed by atoms with Crippen LogP contribution in [0.1, 0.15) is 11.1 Å². The molecular formula is C16H12Br4N2O4. The molecule has 6 nitrogen and oxygen atoms in total. The summed E-state index contributed by atoms with van der Waals surface area (Å²) in [4.78, 5) is 11.9. The van der Waals surface area contributed by atoms with Gasteiger partial charge < -0.3 is 14.9 Å². The molecule has 3 N–H and O–H groups in total. The Morgan fingerprint density at radius 1 is 1.12 bits per heavy atom. The summed E-state index contributed by atoms with van der Waals surface area (Å²) in [7, 11) is 0. The Balaban J connectivity index is 1.99. The van der Waals surface area contributed by atoms with Gasteiger partial charge in [-0.3, -0.25) is 4.79 Å². The Labute approximate surface area is 183 Å². The molecular weight excluding hydrogens is 604 g/mol. The lowest BCUT2D eigenvalue weighted by Gasteiger charge is -2.10. The zero-order chi connectivity index (χ0) is 19.4. The average molecular weight is 616 g/mol. The molecule has 0 aliphatic carbocycles. The van der Waals surface area contributed by atoms with Crippen LogP contribution in [-0.2, 0) is 4.79 Å². The lowest BCUT2D eigenvalue weighted by atomic mass is 10.2. The van der Waals surface area contributed by atoms with Crippen molar-refractivity contribution in [2.45, 2.75) is 6.92 Å². The first kappa shape index (κ1) is 21.2. The highest BCUT2D eigenvalue weighted by Gasteiger charge is 2.13. The molecule has 0 fully saturated rings. The molecule has 1 amide bonds. The number of carbonyl (C=O) groups is 1. The number of benzene rings is 2. The number of amides is 1. The van der Waals surface area contributed by atoms with Crippen LogP contribution in [0.25, 0.3) is 0 Å². The molecule has 0 aliphatic rings. The SMILES string of the molecule is Cc1cc(Br)c(OCC(=O)N/N=C/c2cc(Br)c(O)c(Br)c2O)c(Br)c1. The van der Waals surface area contributed by atoms with Gasteiger partial charge in [-0.05, 0) is 94.4 Å². The monoisotopic (exact) mass is 612 g/mol. The zero-order valence-corrected chi connectivity index (χ0v) is 19.5. The minimum absolute atomic E-state index is 0.122. The van der Waals surface area contributed by atoms with Crippen molar-refractivity contribution < 1.29 is 19.7 Å². The molecule has 2 aromatic carbocycles. The van der Waals surface area contributed by atoms with Crippen LogP contribution >= 0.6 is 63.7 Å². The normalized spacial score (nSPS) is 11.0. The third-order valence-corrected chi connectivity index (χ3v) is 5.61. The number of aromatic hydroxyl groups is 2. The van der Waals surface area contributed by atoms with E-state index in [9.17, 15) is 15.0 Å². The van der Waals surface area contributed by atoms with Crippen molar-refractivity contribution in [1.82, 2.24) is 5.43 Å². The topological polar surface area (TPSA) is 91.2 Å². The average Bonchev–Trinajstić information content (AvgIpc) is 2.56. The number of hydrazone groups is 1. The lowest BCUT2D eigenvalue weighted by Crippen LogP contribution is -2.24. The predicted octanol–water partition coefficient (Wildman–Crippen LogP) is 4.99. The van der Waals surface area contributed by atoms with Crippen LogP contribution < -0.4 is 10.2 Å². The van der Waals surface area contributed by atoms with Gasteiger partial charge in [0.15, 0.2) is 6.61 Å². The lowest BCUT2D eigenvalue weighted by molar-refractivity contribution is -0.123. The van der Waals surface area contributed by atoms with E-state index in [1.54, 1.807) is 0 Å². The largest absolute Gasteiger partial charge is 0.506 e. The Morgan fingerprint density at radius 2 is 1.73 bits per heavy atom. The number of phenolic OH excluding ortho intramolecular Hbond substituents is 2. The van der Waals surface area contributed by atoms with E-state index in [0.29, 0.717) is 15.8 Å². The van der Waals surface area contributed by atoms with Crippen molar-refractivity contribution in [3.63, 3.8) is 0 Å². The summed E-state index contributed by atoms with van der Waals surface area (Å²) in [5, 5.41) is 23.4. The van der Waals surface area contributed by atoms with Gasteiger partial charge in [0.1, 0.15) is 21.7 Å². The molecule has 0 heterocycles. The van der Waals surface area contributed by atoms with Gasteiger partial charge in [-0.2, -0.15) is 5.10 Å². The molecule has 0 saturated heterocycles. The second kappa shape index (κ2) is 9.20. The quantitative estimate of drug-likeness (QED) is 0.327. The first-order chi connectivity index (χ1) is 12.2. The number of hydrogen-bond acceptors (Lipinski definition) is 5. The van der Waals surface area contributed by atoms with E-state index in [-0.39, 0.29) is 22.6 Å². The van der Waals surface area contributed by atoms with Crippen LogP contribution in [0.15, 0.2) is 41.2 Å². The Kier molecular flexibility index (Phi) is 7.51. The molecule has 0 bridgehead atoms. The highest BCUT2D eigenvalue weighted by Crippen LogP contribution is 2.40. The number of carbonyl (C=O) groups excluding carboxylic acids is 1. The summed E-state index contributed by atoms with van der Waals surface area (Å²) in [5.74, 6) is -0.297. The van der Waals surface area contributed by atoms with Gasteiger partial charge >= 0.3 is 0 Å². The zero-order valence-electron chi connectivity index (χ0n) is 13.2. The maximum atomic E-state index is 11.9. The number of hydrogen-bond donors (Lipinski definition) is 3. The molecule has 0 radical (unpaired) electrons. The van der Waals surface area contributed by atoms with E-state index in [4.69, 9.17) is 4.74 Å². The van der Waals surface area contributed by atoms with Crippen LogP contribution in [0.5, 0.6) is 17.2 Å². The fraction of sp³-hybridized carbons (Fsp3) is 0.125. The first-order valence-corrected chi connectivity index (χ1v) is 10.2. The van der Waals surface area contributed by atoms with Gasteiger partial charge in [0, 0.05) is 5.56 Å². The van der Waals surface area contributed by atoms with Crippen LogP contribution in [0.2, 0.25) is 0 Å². The maximum absolute atomic E-state index is 11.9. The molecule has 2 rings (SSSR count). The number of phenols is 2. The summed E-state index contributed by atoms with van der Waals surface area (Å²) >= 11 is 13.0. The van der Waals surface area contributed by atoms with Crippen molar-refractivity contribution in [3.8, 4) is 17.2 Å². The fourth-order valence-corrected chi connectivity index (χ4v) is 4.68. The molecule has 0 aliphatic heterocycles. The highest BCUT2D eigenvalue weighted by molar-refractivity contribution is 9.11. The van der Waals surface area contributed by atoms with Crippen molar-refractivity contribution in [3.05, 3.63) is 47.2 Å². The molecule has 138 valence electrons. The molecule has 0 unspecified atom stereocenters. The number of ether oxygens (including phenoxy) is 1. The van der Waals surface area contributed by atoms with Crippen LogP contribution in [0.4, 0.5) is 0 Å². The standard InChI is InChI=1S/C16H12Br4N2O4/c1-7-2-10(18)16(11(19)3-7)26-6-12(23)22-21-5-8-4-9(17)15(25)13(20)14(8)24/h2-5,24-25H,6H2,1H3,(H,22,23)/b21-5+. The minimum Gasteiger partial charge on any atom is -0.506 e. The number of rotatable bonds is 5. The highest BCUT2D eigenvalue weighted by atomic mass is 79.9. The van der Waals surface area contributed by atoms with E-state index in [2.05, 4.69) is 74.2 Å². The third kappa shape index (κ3) is 5.21. The Morgan fingerprint density at radius 3 is 2.35 bits per heavy atom. The van der Waals surface area contributed by atoms with Gasteiger partial charge in [0.05, 0.1) is 19.6 Å². The van der Waals surface area contributed by atoms with Crippen molar-refractivity contribution in [2.75, 3.05) is 6.61 Å². The summed E-state index contributed by atoms with van der Waals surface area (Å²) < 4.78 is 7.43. The van der Waals surface area contributed by atoms with Crippen LogP contribution in [0, 0.1) is 6.92 Å². The maximum Gasteiger partial charge on any atom is 0.277 e. The Hall–Kier alpha value is -1.10. The van der Waals surface area contributed by atoms with E-state index in [1.807, 2.05) is 19.1 Å². The van der Waals surface area contributed by atoms with Gasteiger partial charge in [0.25, 0.3) is 5.91 Å². The van der Waals surface area contributed by atoms with Gasteiger partial charge in [-0.1, -0.05) is 0 Å². The number of nitrogens with one attached hydrogen (secondary N) is 1. The molecule has 0 saturated carbocycles.